The van der Waals surface area contributed by atoms with E-state index in [2.05, 4.69) is 45.5 Å². The van der Waals surface area contributed by atoms with Crippen molar-refractivity contribution in [3.05, 3.63) is 34.3 Å². The molecule has 1 heterocycles. The van der Waals surface area contributed by atoms with Crippen LogP contribution in [0.5, 0.6) is 0 Å². The standard InChI is InChI=1S/C19H27BrN2O2/c20-16-6-4-15(5-7-16)19(8-10-24-11-9-19)13-22-18(23)17-3-1-2-14(17)12-21/h4-7,14,17H,1-3,8-13,21H2,(H,22,23)/t14-,17-/m1/s1. The lowest BCUT2D eigenvalue weighted by Crippen LogP contribution is -2.46. The minimum atomic E-state index is -0.0224. The van der Waals surface area contributed by atoms with E-state index in [1.54, 1.807) is 0 Å². The summed E-state index contributed by atoms with van der Waals surface area (Å²) < 4.78 is 6.65. The summed E-state index contributed by atoms with van der Waals surface area (Å²) in [4.78, 5) is 12.7. The Morgan fingerprint density at radius 1 is 1.25 bits per heavy atom. The molecule has 1 aromatic rings. The number of carbonyl (C=O) groups excluding carboxylic acids is 1. The second-order valence-electron chi connectivity index (χ2n) is 7.15. The fourth-order valence-electron chi connectivity index (χ4n) is 4.18. The van der Waals surface area contributed by atoms with Gasteiger partial charge >= 0.3 is 0 Å². The molecule has 0 aromatic heterocycles. The van der Waals surface area contributed by atoms with Gasteiger partial charge in [0.05, 0.1) is 0 Å². The summed E-state index contributed by atoms with van der Waals surface area (Å²) in [6.45, 7) is 2.80. The van der Waals surface area contributed by atoms with E-state index in [1.165, 1.54) is 5.56 Å². The number of nitrogens with two attached hydrogens (primary N) is 1. The number of hydrogen-bond acceptors (Lipinski definition) is 3. The fourth-order valence-corrected chi connectivity index (χ4v) is 4.45. The highest BCUT2D eigenvalue weighted by Gasteiger charge is 2.37. The Balaban J connectivity index is 1.70. The van der Waals surface area contributed by atoms with Crippen molar-refractivity contribution in [2.45, 2.75) is 37.5 Å². The van der Waals surface area contributed by atoms with Gasteiger partial charge in [-0.15, -0.1) is 0 Å². The van der Waals surface area contributed by atoms with Gasteiger partial charge in [0.1, 0.15) is 0 Å². The Kier molecular flexibility index (Phi) is 5.95. The first-order chi connectivity index (χ1) is 11.6. The smallest absolute Gasteiger partial charge is 0.223 e. The highest BCUT2D eigenvalue weighted by Crippen LogP contribution is 2.36. The predicted octanol–water partition coefficient (Wildman–Crippen LogP) is 2.99. The molecule has 1 amide bonds. The number of nitrogens with one attached hydrogen (secondary N) is 1. The molecule has 24 heavy (non-hydrogen) atoms. The molecule has 0 spiro atoms. The first-order valence-corrected chi connectivity index (χ1v) is 9.75. The average molecular weight is 395 g/mol. The number of hydrogen-bond donors (Lipinski definition) is 2. The van der Waals surface area contributed by atoms with Crippen LogP contribution < -0.4 is 11.1 Å². The number of rotatable bonds is 5. The molecule has 3 N–H and O–H groups in total. The van der Waals surface area contributed by atoms with Crippen molar-refractivity contribution in [3.63, 3.8) is 0 Å². The highest BCUT2D eigenvalue weighted by molar-refractivity contribution is 9.10. The molecule has 1 saturated carbocycles. The molecule has 1 aliphatic carbocycles. The van der Waals surface area contributed by atoms with Crippen molar-refractivity contribution in [1.29, 1.82) is 0 Å². The molecular weight excluding hydrogens is 368 g/mol. The number of carbonyl (C=O) groups is 1. The maximum absolute atomic E-state index is 12.7. The number of benzene rings is 1. The molecule has 1 saturated heterocycles. The zero-order valence-electron chi connectivity index (χ0n) is 14.1. The van der Waals surface area contributed by atoms with E-state index in [9.17, 15) is 4.79 Å². The Morgan fingerprint density at radius 2 is 1.96 bits per heavy atom. The Bertz CT molecular complexity index is 555. The van der Waals surface area contributed by atoms with Gasteiger partial charge in [-0.3, -0.25) is 4.79 Å². The van der Waals surface area contributed by atoms with Gasteiger partial charge in [0.15, 0.2) is 0 Å². The SMILES string of the molecule is NC[C@H]1CCC[C@H]1C(=O)NCC1(c2ccc(Br)cc2)CCOCC1. The average Bonchev–Trinajstić information content (AvgIpc) is 3.10. The van der Waals surface area contributed by atoms with Crippen LogP contribution in [-0.2, 0) is 14.9 Å². The summed E-state index contributed by atoms with van der Waals surface area (Å²) in [5, 5.41) is 3.25. The zero-order chi connectivity index (χ0) is 17.0. The van der Waals surface area contributed by atoms with Gasteiger partial charge in [0, 0.05) is 35.6 Å². The molecule has 4 nitrogen and oxygen atoms in total. The van der Waals surface area contributed by atoms with Crippen molar-refractivity contribution < 1.29 is 9.53 Å². The van der Waals surface area contributed by atoms with Crippen molar-refractivity contribution in [2.75, 3.05) is 26.3 Å². The minimum Gasteiger partial charge on any atom is -0.381 e. The first-order valence-electron chi connectivity index (χ1n) is 8.96. The van der Waals surface area contributed by atoms with Crippen LogP contribution in [0.4, 0.5) is 0 Å². The van der Waals surface area contributed by atoms with E-state index in [-0.39, 0.29) is 17.2 Å². The summed E-state index contributed by atoms with van der Waals surface area (Å²) in [6.07, 6.45) is 5.06. The lowest BCUT2D eigenvalue weighted by Gasteiger charge is -2.38. The van der Waals surface area contributed by atoms with Crippen molar-refractivity contribution in [2.24, 2.45) is 17.6 Å². The lowest BCUT2D eigenvalue weighted by molar-refractivity contribution is -0.126. The third-order valence-corrected chi connectivity index (χ3v) is 6.33. The third kappa shape index (κ3) is 3.84. The zero-order valence-corrected chi connectivity index (χ0v) is 15.7. The van der Waals surface area contributed by atoms with E-state index in [0.29, 0.717) is 19.0 Å². The largest absolute Gasteiger partial charge is 0.381 e. The Morgan fingerprint density at radius 3 is 2.62 bits per heavy atom. The molecule has 0 unspecified atom stereocenters. The summed E-state index contributed by atoms with van der Waals surface area (Å²) in [7, 11) is 0. The minimum absolute atomic E-state index is 0.0224. The molecule has 2 fully saturated rings. The van der Waals surface area contributed by atoms with Crippen LogP contribution in [0.3, 0.4) is 0 Å². The maximum Gasteiger partial charge on any atom is 0.223 e. The van der Waals surface area contributed by atoms with Crippen molar-refractivity contribution >= 4 is 21.8 Å². The van der Waals surface area contributed by atoms with E-state index in [4.69, 9.17) is 10.5 Å². The van der Waals surface area contributed by atoms with Gasteiger partial charge < -0.3 is 15.8 Å². The van der Waals surface area contributed by atoms with Crippen LogP contribution in [0.25, 0.3) is 0 Å². The number of halogens is 1. The van der Waals surface area contributed by atoms with Crippen molar-refractivity contribution in [3.8, 4) is 0 Å². The second-order valence-corrected chi connectivity index (χ2v) is 8.07. The second kappa shape index (κ2) is 7.98. The molecule has 0 bridgehead atoms. The summed E-state index contributed by atoms with van der Waals surface area (Å²) in [6, 6.07) is 8.49. The first kappa shape index (κ1) is 17.9. The van der Waals surface area contributed by atoms with E-state index >= 15 is 0 Å². The van der Waals surface area contributed by atoms with Crippen molar-refractivity contribution in [1.82, 2.24) is 5.32 Å². The van der Waals surface area contributed by atoms with Crippen LogP contribution in [0, 0.1) is 11.8 Å². The van der Waals surface area contributed by atoms with Gasteiger partial charge in [-0.1, -0.05) is 34.5 Å². The Hall–Kier alpha value is -0.910. The predicted molar refractivity (Wildman–Crippen MR) is 98.8 cm³/mol. The molecule has 1 aromatic carbocycles. The summed E-state index contributed by atoms with van der Waals surface area (Å²) in [5.41, 5.74) is 7.10. The number of amides is 1. The molecule has 0 radical (unpaired) electrons. The molecule has 5 heteroatoms. The van der Waals surface area contributed by atoms with Gasteiger partial charge in [-0.2, -0.15) is 0 Å². The van der Waals surface area contributed by atoms with Gasteiger partial charge in [0.2, 0.25) is 5.91 Å². The van der Waals surface area contributed by atoms with Crippen LogP contribution in [-0.4, -0.2) is 32.2 Å². The molecule has 132 valence electrons. The topological polar surface area (TPSA) is 64.4 Å². The summed E-state index contributed by atoms with van der Waals surface area (Å²) >= 11 is 3.50. The van der Waals surface area contributed by atoms with Gasteiger partial charge in [0.25, 0.3) is 0 Å². The maximum atomic E-state index is 12.7. The normalized spacial score (nSPS) is 26.2. The fraction of sp³-hybridized carbons (Fsp3) is 0.632. The van der Waals surface area contributed by atoms with E-state index in [0.717, 1.165) is 49.8 Å². The van der Waals surface area contributed by atoms with Gasteiger partial charge in [-0.05, 0) is 55.8 Å². The van der Waals surface area contributed by atoms with Crippen LogP contribution in [0.15, 0.2) is 28.7 Å². The monoisotopic (exact) mass is 394 g/mol. The van der Waals surface area contributed by atoms with Crippen LogP contribution in [0.2, 0.25) is 0 Å². The summed E-state index contributed by atoms with van der Waals surface area (Å²) in [5.74, 6) is 0.631. The molecule has 1 aliphatic heterocycles. The van der Waals surface area contributed by atoms with E-state index in [1.807, 2.05) is 0 Å². The molecule has 2 aliphatic rings. The highest BCUT2D eigenvalue weighted by atomic mass is 79.9. The molecule has 3 rings (SSSR count). The van der Waals surface area contributed by atoms with Crippen LogP contribution >= 0.6 is 15.9 Å². The van der Waals surface area contributed by atoms with Crippen LogP contribution in [0.1, 0.15) is 37.7 Å². The third-order valence-electron chi connectivity index (χ3n) is 5.81. The Labute approximate surface area is 152 Å². The molecule has 2 atom stereocenters. The lowest BCUT2D eigenvalue weighted by atomic mass is 9.74. The quantitative estimate of drug-likeness (QED) is 0.806. The number of ether oxygens (including phenoxy) is 1. The van der Waals surface area contributed by atoms with Gasteiger partial charge in [-0.25, -0.2) is 0 Å². The van der Waals surface area contributed by atoms with E-state index < -0.39 is 0 Å². The molecular formula is C19H27BrN2O2.